The molecule has 0 spiro atoms. The molecule has 9 nitrogen and oxygen atoms in total. The summed E-state index contributed by atoms with van der Waals surface area (Å²) in [4.78, 5) is 26.5. The molecule has 2 fully saturated rings. The number of nitrogens with zero attached hydrogens (tertiary/aromatic N) is 4. The van der Waals surface area contributed by atoms with Gasteiger partial charge in [-0.15, -0.1) is 0 Å². The SMILES string of the molecule is O=C1NC/C=C/COCc2cc(ccc2OCCN2CCCC2)Nc2nccc(n2)N2CCCC1C2. The second-order valence-electron chi connectivity index (χ2n) is 9.60. The van der Waals surface area contributed by atoms with Crippen LogP contribution in [0.1, 0.15) is 31.2 Å². The summed E-state index contributed by atoms with van der Waals surface area (Å²) < 4.78 is 12.1. The Bertz CT molecular complexity index is 1060. The molecule has 2 N–H and O–H groups in total. The Hall–Kier alpha value is -3.17. The largest absolute Gasteiger partial charge is 0.492 e. The molecule has 1 aromatic heterocycles. The van der Waals surface area contributed by atoms with Crippen molar-refractivity contribution in [3.05, 3.63) is 48.2 Å². The van der Waals surface area contributed by atoms with E-state index in [4.69, 9.17) is 14.5 Å². The van der Waals surface area contributed by atoms with Crippen molar-refractivity contribution in [2.45, 2.75) is 32.3 Å². The molecule has 2 aromatic rings. The number of likely N-dealkylation sites (tertiary alicyclic amines) is 1. The fraction of sp³-hybridized carbons (Fsp3) is 0.519. The summed E-state index contributed by atoms with van der Waals surface area (Å²) in [6, 6.07) is 7.94. The average molecular weight is 493 g/mol. The maximum absolute atomic E-state index is 12.7. The highest BCUT2D eigenvalue weighted by molar-refractivity contribution is 5.79. The second-order valence-corrected chi connectivity index (χ2v) is 9.60. The van der Waals surface area contributed by atoms with Crippen LogP contribution in [-0.2, 0) is 16.1 Å². The molecule has 6 bridgehead atoms. The minimum absolute atomic E-state index is 0.0470. The monoisotopic (exact) mass is 492 g/mol. The number of fused-ring (bicyclic) bond motifs is 7. The van der Waals surface area contributed by atoms with Crippen LogP contribution in [0.5, 0.6) is 5.75 Å². The lowest BCUT2D eigenvalue weighted by Gasteiger charge is -2.32. The number of anilines is 3. The predicted octanol–water partition coefficient (Wildman–Crippen LogP) is 3.11. The molecule has 1 aromatic carbocycles. The third kappa shape index (κ3) is 6.53. The average Bonchev–Trinajstić information content (AvgIpc) is 3.42. The lowest BCUT2D eigenvalue weighted by Crippen LogP contribution is -2.43. The van der Waals surface area contributed by atoms with E-state index in [0.717, 1.165) is 61.8 Å². The molecule has 3 aliphatic rings. The molecule has 4 heterocycles. The van der Waals surface area contributed by atoms with Crippen LogP contribution in [0.3, 0.4) is 0 Å². The first-order chi connectivity index (χ1) is 17.7. The maximum Gasteiger partial charge on any atom is 0.229 e. The molecule has 2 saturated heterocycles. The lowest BCUT2D eigenvalue weighted by atomic mass is 9.97. The highest BCUT2D eigenvalue weighted by Gasteiger charge is 2.26. The second kappa shape index (κ2) is 12.2. The van der Waals surface area contributed by atoms with E-state index in [9.17, 15) is 4.79 Å². The first-order valence-electron chi connectivity index (χ1n) is 13.1. The van der Waals surface area contributed by atoms with Crippen LogP contribution in [0.25, 0.3) is 0 Å². The Kier molecular flexibility index (Phi) is 8.30. The van der Waals surface area contributed by atoms with E-state index in [2.05, 4.69) is 25.4 Å². The van der Waals surface area contributed by atoms with Crippen molar-refractivity contribution in [1.82, 2.24) is 20.2 Å². The van der Waals surface area contributed by atoms with Crippen LogP contribution in [0.2, 0.25) is 0 Å². The molecule has 0 radical (unpaired) electrons. The Morgan fingerprint density at radius 3 is 2.94 bits per heavy atom. The Morgan fingerprint density at radius 2 is 2.03 bits per heavy atom. The molecule has 192 valence electrons. The van der Waals surface area contributed by atoms with Crippen molar-refractivity contribution in [2.24, 2.45) is 5.92 Å². The van der Waals surface area contributed by atoms with Gasteiger partial charge in [-0.2, -0.15) is 4.98 Å². The van der Waals surface area contributed by atoms with Gasteiger partial charge < -0.3 is 25.0 Å². The standard InChI is InChI=1S/C27H36N6O3/c34-26-21-6-5-14-33(19-21)25-9-11-29-27(31-25)30-23-7-8-24(36-17-15-32-12-2-3-13-32)22(18-23)20-35-16-4-1-10-28-26/h1,4,7-9,11,18,21H,2-3,5-6,10,12-17,19-20H2,(H,28,34)(H,29,30,31)/b4-1+. The minimum Gasteiger partial charge on any atom is -0.492 e. The highest BCUT2D eigenvalue weighted by atomic mass is 16.5. The molecular formula is C27H36N6O3. The van der Waals surface area contributed by atoms with Crippen LogP contribution < -0.4 is 20.3 Å². The minimum atomic E-state index is -0.0470. The fourth-order valence-electron chi connectivity index (χ4n) is 5.01. The highest BCUT2D eigenvalue weighted by Crippen LogP contribution is 2.27. The van der Waals surface area contributed by atoms with Crippen molar-refractivity contribution in [2.75, 3.05) is 62.7 Å². The summed E-state index contributed by atoms with van der Waals surface area (Å²) in [6.45, 7) is 6.83. The summed E-state index contributed by atoms with van der Waals surface area (Å²) >= 11 is 0. The van der Waals surface area contributed by atoms with Gasteiger partial charge >= 0.3 is 0 Å². The fourth-order valence-corrected chi connectivity index (χ4v) is 5.01. The zero-order valence-electron chi connectivity index (χ0n) is 20.8. The first kappa shape index (κ1) is 24.5. The Labute approximate surface area is 212 Å². The third-order valence-corrected chi connectivity index (χ3v) is 6.97. The van der Waals surface area contributed by atoms with E-state index in [1.54, 1.807) is 6.20 Å². The number of nitrogens with one attached hydrogen (secondary N) is 2. The van der Waals surface area contributed by atoms with Crippen molar-refractivity contribution in [3.63, 3.8) is 0 Å². The third-order valence-electron chi connectivity index (χ3n) is 6.97. The van der Waals surface area contributed by atoms with Gasteiger partial charge in [-0.3, -0.25) is 9.69 Å². The molecule has 1 unspecified atom stereocenters. The van der Waals surface area contributed by atoms with Gasteiger partial charge in [0.2, 0.25) is 11.9 Å². The van der Waals surface area contributed by atoms with Crippen molar-refractivity contribution < 1.29 is 14.3 Å². The topological polar surface area (TPSA) is 91.8 Å². The van der Waals surface area contributed by atoms with Crippen LogP contribution in [-0.4, -0.2) is 73.3 Å². The maximum atomic E-state index is 12.7. The van der Waals surface area contributed by atoms with Crippen LogP contribution >= 0.6 is 0 Å². The first-order valence-corrected chi connectivity index (χ1v) is 13.1. The van der Waals surface area contributed by atoms with Gasteiger partial charge in [0.25, 0.3) is 0 Å². The van der Waals surface area contributed by atoms with E-state index in [0.29, 0.717) is 38.9 Å². The summed E-state index contributed by atoms with van der Waals surface area (Å²) in [7, 11) is 0. The van der Waals surface area contributed by atoms with Gasteiger partial charge in [0.15, 0.2) is 0 Å². The van der Waals surface area contributed by atoms with E-state index in [1.165, 1.54) is 12.8 Å². The number of amides is 1. The van der Waals surface area contributed by atoms with E-state index in [1.807, 2.05) is 36.4 Å². The normalized spacial score (nSPS) is 22.2. The van der Waals surface area contributed by atoms with Crippen LogP contribution in [0.15, 0.2) is 42.6 Å². The van der Waals surface area contributed by atoms with Gasteiger partial charge in [-0.1, -0.05) is 12.2 Å². The molecule has 0 aliphatic carbocycles. The summed E-state index contributed by atoms with van der Waals surface area (Å²) in [5, 5.41) is 6.37. The lowest BCUT2D eigenvalue weighted by molar-refractivity contribution is -0.125. The molecule has 0 saturated carbocycles. The number of carbonyl (C=O) groups excluding carboxylic acids is 1. The van der Waals surface area contributed by atoms with Crippen LogP contribution in [0.4, 0.5) is 17.5 Å². The number of hydrogen-bond donors (Lipinski definition) is 2. The van der Waals surface area contributed by atoms with E-state index >= 15 is 0 Å². The number of ether oxygens (including phenoxy) is 2. The molecule has 1 atom stereocenters. The number of piperidine rings is 1. The quantitative estimate of drug-likeness (QED) is 0.629. The van der Waals surface area contributed by atoms with Gasteiger partial charge in [-0.05, 0) is 63.0 Å². The van der Waals surface area contributed by atoms with E-state index < -0.39 is 0 Å². The molecule has 9 heteroatoms. The molecule has 3 aliphatic heterocycles. The number of rotatable bonds is 4. The predicted molar refractivity (Wildman–Crippen MR) is 140 cm³/mol. The number of hydrogen-bond acceptors (Lipinski definition) is 8. The zero-order chi connectivity index (χ0) is 24.6. The van der Waals surface area contributed by atoms with Gasteiger partial charge in [0, 0.05) is 43.6 Å². The smallest absolute Gasteiger partial charge is 0.229 e. The van der Waals surface area contributed by atoms with E-state index in [-0.39, 0.29) is 11.8 Å². The van der Waals surface area contributed by atoms with Gasteiger partial charge in [-0.25, -0.2) is 4.98 Å². The molecule has 1 amide bonds. The number of carbonyl (C=O) groups is 1. The Balaban J connectivity index is 1.34. The summed E-state index contributed by atoms with van der Waals surface area (Å²) in [5.74, 6) is 2.23. The van der Waals surface area contributed by atoms with Gasteiger partial charge in [0.1, 0.15) is 18.2 Å². The zero-order valence-corrected chi connectivity index (χ0v) is 20.8. The summed E-state index contributed by atoms with van der Waals surface area (Å²) in [6.07, 6.45) is 10.1. The van der Waals surface area contributed by atoms with Gasteiger partial charge in [0.05, 0.1) is 19.1 Å². The number of aromatic nitrogens is 2. The Morgan fingerprint density at radius 1 is 1.11 bits per heavy atom. The summed E-state index contributed by atoms with van der Waals surface area (Å²) in [5.41, 5.74) is 1.85. The number of benzene rings is 1. The molecule has 36 heavy (non-hydrogen) atoms. The van der Waals surface area contributed by atoms with Crippen molar-refractivity contribution in [3.8, 4) is 5.75 Å². The van der Waals surface area contributed by atoms with Crippen molar-refractivity contribution >= 4 is 23.4 Å². The van der Waals surface area contributed by atoms with Crippen LogP contribution in [0, 0.1) is 5.92 Å². The molecular weight excluding hydrogens is 456 g/mol. The van der Waals surface area contributed by atoms with Crippen molar-refractivity contribution in [1.29, 1.82) is 0 Å². The molecule has 5 rings (SSSR count).